The predicted octanol–water partition coefficient (Wildman–Crippen LogP) is 0.634. The fourth-order valence-corrected chi connectivity index (χ4v) is 0.518. The van der Waals surface area contributed by atoms with Crippen molar-refractivity contribution in [2.75, 3.05) is 13.2 Å². The summed E-state index contributed by atoms with van der Waals surface area (Å²) in [7, 11) is 0. The second kappa shape index (κ2) is 18.6. The number of amides is 2. The van der Waals surface area contributed by atoms with Gasteiger partial charge in [0.1, 0.15) is 6.29 Å². The van der Waals surface area contributed by atoms with E-state index in [1.54, 1.807) is 0 Å². The van der Waals surface area contributed by atoms with Crippen LogP contribution >= 0.6 is 0 Å². The second-order valence-corrected chi connectivity index (χ2v) is 2.12. The van der Waals surface area contributed by atoms with Gasteiger partial charge in [0, 0.05) is 13.2 Å². The Bertz CT molecular complexity index is 132. The van der Waals surface area contributed by atoms with E-state index in [9.17, 15) is 0 Å². The van der Waals surface area contributed by atoms with Gasteiger partial charge in [-0.1, -0.05) is 0 Å². The summed E-state index contributed by atoms with van der Waals surface area (Å²) in [4.78, 5) is 17.8. The summed E-state index contributed by atoms with van der Waals surface area (Å²) < 4.78 is 10.1. The molecular weight excluding hydrogens is 200 g/mol. The van der Waals surface area contributed by atoms with Crippen molar-refractivity contribution < 1.29 is 19.1 Å². The third-order valence-electron chi connectivity index (χ3n) is 0.803. The minimum atomic E-state index is -0.833. The second-order valence-electron chi connectivity index (χ2n) is 2.12. The quantitative estimate of drug-likeness (QED) is 0.537. The summed E-state index contributed by atoms with van der Waals surface area (Å²) in [6.45, 7) is 8.69. The Morgan fingerprint density at radius 3 is 1.60 bits per heavy atom. The molecule has 0 heterocycles. The van der Waals surface area contributed by atoms with Crippen LogP contribution < -0.4 is 11.5 Å². The molecule has 0 aromatic heterocycles. The summed E-state index contributed by atoms with van der Waals surface area (Å²) in [5, 5.41) is 0. The van der Waals surface area contributed by atoms with Gasteiger partial charge in [-0.25, -0.2) is 4.79 Å². The minimum absolute atomic E-state index is 0.0370. The van der Waals surface area contributed by atoms with Gasteiger partial charge in [-0.05, 0) is 27.7 Å². The molecule has 6 heteroatoms. The number of hydrogen-bond donors (Lipinski definition) is 2. The van der Waals surface area contributed by atoms with Crippen molar-refractivity contribution in [1.29, 1.82) is 0 Å². The highest BCUT2D eigenvalue weighted by Crippen LogP contribution is 1.90. The average molecular weight is 222 g/mol. The standard InChI is InChI=1S/C6H14O2.C2H4O.CH4N2O/c1-4-7-6(3)8-5-2;1-2-3;2-1(3)4/h6H,4-5H2,1-3H3;2H,1H3;(H4,2,3,4). The number of carbonyl (C=O) groups excluding carboxylic acids is 2. The third kappa shape index (κ3) is 64.2. The van der Waals surface area contributed by atoms with Crippen molar-refractivity contribution in [3.05, 3.63) is 0 Å². The van der Waals surface area contributed by atoms with Crippen LogP contribution in [0.15, 0.2) is 0 Å². The van der Waals surface area contributed by atoms with E-state index in [2.05, 4.69) is 11.5 Å². The number of urea groups is 1. The number of rotatable bonds is 4. The fourth-order valence-electron chi connectivity index (χ4n) is 0.518. The molecule has 0 aliphatic carbocycles. The van der Waals surface area contributed by atoms with Crippen molar-refractivity contribution in [3.63, 3.8) is 0 Å². The molecule has 0 aliphatic rings. The molecule has 0 fully saturated rings. The Kier molecular flexibility index (Phi) is 24.1. The van der Waals surface area contributed by atoms with Crippen LogP contribution in [0, 0.1) is 0 Å². The Morgan fingerprint density at radius 2 is 1.47 bits per heavy atom. The van der Waals surface area contributed by atoms with Crippen LogP contribution in [0.4, 0.5) is 4.79 Å². The van der Waals surface area contributed by atoms with E-state index in [0.717, 1.165) is 19.5 Å². The molecule has 2 amide bonds. The van der Waals surface area contributed by atoms with E-state index in [-0.39, 0.29) is 6.29 Å². The van der Waals surface area contributed by atoms with Gasteiger partial charge in [-0.3, -0.25) is 0 Å². The first-order valence-corrected chi connectivity index (χ1v) is 4.63. The van der Waals surface area contributed by atoms with Crippen molar-refractivity contribution >= 4 is 12.3 Å². The van der Waals surface area contributed by atoms with Crippen LogP contribution in [0.25, 0.3) is 0 Å². The lowest BCUT2D eigenvalue weighted by Crippen LogP contribution is -2.18. The SMILES string of the molecule is CC=O.CCOC(C)OCC.NC(N)=O. The lowest BCUT2D eigenvalue weighted by atomic mass is 10.7. The number of ether oxygens (including phenoxy) is 2. The van der Waals surface area contributed by atoms with Gasteiger partial charge >= 0.3 is 6.03 Å². The molecular formula is C9H22N2O4. The maximum absolute atomic E-state index is 9.00. The third-order valence-corrected chi connectivity index (χ3v) is 0.803. The fraction of sp³-hybridized carbons (Fsp3) is 0.778. The molecule has 0 rings (SSSR count). The van der Waals surface area contributed by atoms with Crippen LogP contribution in [0.1, 0.15) is 27.7 Å². The van der Waals surface area contributed by atoms with Crippen molar-refractivity contribution in [1.82, 2.24) is 0 Å². The smallest absolute Gasteiger partial charge is 0.309 e. The summed E-state index contributed by atoms with van der Waals surface area (Å²) in [6, 6.07) is -0.833. The topological polar surface area (TPSA) is 105 Å². The van der Waals surface area contributed by atoms with Crippen LogP contribution in [-0.2, 0) is 14.3 Å². The predicted molar refractivity (Wildman–Crippen MR) is 58.2 cm³/mol. The highest BCUT2D eigenvalue weighted by atomic mass is 16.7. The van der Waals surface area contributed by atoms with Gasteiger partial charge in [0.15, 0.2) is 6.29 Å². The normalized spacial score (nSPS) is 8.07. The molecule has 0 aliphatic heterocycles. The largest absolute Gasteiger partial charge is 0.353 e. The molecule has 0 unspecified atom stereocenters. The molecule has 0 bridgehead atoms. The number of hydrogen-bond acceptors (Lipinski definition) is 4. The van der Waals surface area contributed by atoms with Crippen LogP contribution in [0.5, 0.6) is 0 Å². The first-order chi connectivity index (χ1) is 6.95. The molecule has 0 aromatic carbocycles. The number of carbonyl (C=O) groups is 2. The van der Waals surface area contributed by atoms with Crippen LogP contribution in [-0.4, -0.2) is 31.8 Å². The monoisotopic (exact) mass is 222 g/mol. The lowest BCUT2D eigenvalue weighted by molar-refractivity contribution is -0.123. The molecule has 0 aromatic rings. The maximum Gasteiger partial charge on any atom is 0.309 e. The zero-order chi connectivity index (χ0) is 12.7. The van der Waals surface area contributed by atoms with Gasteiger partial charge in [0.25, 0.3) is 0 Å². The molecule has 0 saturated carbocycles. The van der Waals surface area contributed by atoms with E-state index in [1.165, 1.54) is 6.92 Å². The molecule has 15 heavy (non-hydrogen) atoms. The van der Waals surface area contributed by atoms with Crippen LogP contribution in [0.2, 0.25) is 0 Å². The summed E-state index contributed by atoms with van der Waals surface area (Å²) in [5.74, 6) is 0. The van der Waals surface area contributed by atoms with Gasteiger partial charge in [0.05, 0.1) is 0 Å². The first kappa shape index (κ1) is 19.4. The van der Waals surface area contributed by atoms with Crippen molar-refractivity contribution in [2.24, 2.45) is 11.5 Å². The van der Waals surface area contributed by atoms with Crippen molar-refractivity contribution in [2.45, 2.75) is 34.0 Å². The number of primary amides is 2. The number of nitrogens with two attached hydrogens (primary N) is 2. The van der Waals surface area contributed by atoms with E-state index >= 15 is 0 Å². The highest BCUT2D eigenvalue weighted by Gasteiger charge is 1.94. The van der Waals surface area contributed by atoms with Gasteiger partial charge in [-0.15, -0.1) is 0 Å². The van der Waals surface area contributed by atoms with Gasteiger partial charge in [-0.2, -0.15) is 0 Å². The number of aldehydes is 1. The molecule has 0 radical (unpaired) electrons. The summed E-state index contributed by atoms with van der Waals surface area (Å²) in [5.41, 5.74) is 8.50. The molecule has 4 N–H and O–H groups in total. The summed E-state index contributed by atoms with van der Waals surface area (Å²) in [6.07, 6.45) is 0.713. The zero-order valence-electron chi connectivity index (χ0n) is 9.86. The zero-order valence-corrected chi connectivity index (χ0v) is 9.86. The van der Waals surface area contributed by atoms with E-state index < -0.39 is 6.03 Å². The molecule has 0 atom stereocenters. The lowest BCUT2D eigenvalue weighted by Gasteiger charge is -2.09. The van der Waals surface area contributed by atoms with E-state index in [0.29, 0.717) is 0 Å². The minimum Gasteiger partial charge on any atom is -0.353 e. The van der Waals surface area contributed by atoms with Crippen molar-refractivity contribution in [3.8, 4) is 0 Å². The molecule has 0 spiro atoms. The Hall–Kier alpha value is -1.14. The first-order valence-electron chi connectivity index (χ1n) is 4.63. The van der Waals surface area contributed by atoms with E-state index in [1.807, 2.05) is 20.8 Å². The average Bonchev–Trinajstić information content (AvgIpc) is 2.05. The van der Waals surface area contributed by atoms with Gasteiger partial charge < -0.3 is 25.7 Å². The van der Waals surface area contributed by atoms with E-state index in [4.69, 9.17) is 19.1 Å². The van der Waals surface area contributed by atoms with Crippen LogP contribution in [0.3, 0.4) is 0 Å². The molecule has 92 valence electrons. The summed E-state index contributed by atoms with van der Waals surface area (Å²) >= 11 is 0. The highest BCUT2D eigenvalue weighted by molar-refractivity contribution is 5.69. The Balaban J connectivity index is -0.000000173. The molecule has 0 saturated heterocycles. The maximum atomic E-state index is 9.00. The Morgan fingerprint density at radius 1 is 1.27 bits per heavy atom. The Labute approximate surface area is 90.9 Å². The molecule has 6 nitrogen and oxygen atoms in total. The van der Waals surface area contributed by atoms with Gasteiger partial charge in [0.2, 0.25) is 0 Å².